The van der Waals surface area contributed by atoms with Crippen molar-refractivity contribution in [2.24, 2.45) is 0 Å². The molecule has 0 heterocycles. The summed E-state index contributed by atoms with van der Waals surface area (Å²) in [5, 5.41) is 11.1. The number of carboxylic acids is 1. The molecule has 1 rings (SSSR count). The van der Waals surface area contributed by atoms with E-state index in [1.54, 1.807) is 0 Å². The Morgan fingerprint density at radius 2 is 2.12 bits per heavy atom. The number of hydrogen-bond acceptors (Lipinski definition) is 3. The van der Waals surface area contributed by atoms with Crippen molar-refractivity contribution < 1.29 is 27.8 Å². The Morgan fingerprint density at radius 3 is 2.65 bits per heavy atom. The minimum atomic E-state index is -4.77. The van der Waals surface area contributed by atoms with Crippen molar-refractivity contribution in [2.45, 2.75) is 19.3 Å². The van der Waals surface area contributed by atoms with Gasteiger partial charge >= 0.3 is 12.3 Å². The minimum Gasteiger partial charge on any atom is -0.480 e. The van der Waals surface area contributed by atoms with Crippen molar-refractivity contribution >= 4 is 11.7 Å². The molecule has 1 aromatic rings. The smallest absolute Gasteiger partial charge is 0.480 e. The fourth-order valence-corrected chi connectivity index (χ4v) is 1.09. The predicted molar refractivity (Wildman–Crippen MR) is 53.8 cm³/mol. The first-order valence-electron chi connectivity index (χ1n) is 4.63. The van der Waals surface area contributed by atoms with Crippen LogP contribution in [0.3, 0.4) is 0 Å². The monoisotopic (exact) mass is 249 g/mol. The summed E-state index contributed by atoms with van der Waals surface area (Å²) in [6.07, 6.45) is -4.77. The predicted octanol–water partition coefficient (Wildman–Crippen LogP) is 2.47. The quantitative estimate of drug-likeness (QED) is 0.860. The number of aliphatic carboxylic acids is 1. The maximum absolute atomic E-state index is 11.9. The maximum Gasteiger partial charge on any atom is 0.573 e. The van der Waals surface area contributed by atoms with E-state index in [9.17, 15) is 18.0 Å². The molecule has 94 valence electrons. The number of rotatable bonds is 4. The molecule has 1 aromatic carbocycles. The number of anilines is 1. The maximum atomic E-state index is 11.9. The lowest BCUT2D eigenvalue weighted by Gasteiger charge is -2.13. The zero-order chi connectivity index (χ0) is 13.1. The van der Waals surface area contributed by atoms with Gasteiger partial charge in [0.1, 0.15) is 11.8 Å². The van der Waals surface area contributed by atoms with Gasteiger partial charge in [-0.1, -0.05) is 6.07 Å². The van der Waals surface area contributed by atoms with Gasteiger partial charge in [-0.2, -0.15) is 0 Å². The SMILES string of the molecule is C[C@H](Nc1cccc(OC(F)(F)F)c1)C(=O)O. The normalized spacial score (nSPS) is 12.9. The molecule has 1 atom stereocenters. The molecule has 0 aromatic heterocycles. The number of ether oxygens (including phenoxy) is 1. The average Bonchev–Trinajstić information content (AvgIpc) is 2.15. The lowest BCUT2D eigenvalue weighted by atomic mass is 10.2. The third kappa shape index (κ3) is 4.62. The molecule has 0 aliphatic heterocycles. The molecule has 0 bridgehead atoms. The van der Waals surface area contributed by atoms with Crippen LogP contribution in [-0.4, -0.2) is 23.5 Å². The van der Waals surface area contributed by atoms with Crippen LogP contribution < -0.4 is 10.1 Å². The molecule has 0 aliphatic carbocycles. The Kier molecular flexibility index (Phi) is 3.82. The van der Waals surface area contributed by atoms with Crippen LogP contribution in [0.4, 0.5) is 18.9 Å². The highest BCUT2D eigenvalue weighted by atomic mass is 19.4. The molecular formula is C10H10F3NO3. The van der Waals surface area contributed by atoms with Crippen LogP contribution in [0.5, 0.6) is 5.75 Å². The topological polar surface area (TPSA) is 58.6 Å². The van der Waals surface area contributed by atoms with Gasteiger partial charge in [-0.25, -0.2) is 0 Å². The van der Waals surface area contributed by atoms with Crippen LogP contribution in [0, 0.1) is 0 Å². The van der Waals surface area contributed by atoms with E-state index in [4.69, 9.17) is 5.11 Å². The van der Waals surface area contributed by atoms with Gasteiger partial charge in [-0.05, 0) is 19.1 Å². The van der Waals surface area contributed by atoms with E-state index in [1.165, 1.54) is 19.1 Å². The zero-order valence-electron chi connectivity index (χ0n) is 8.78. The highest BCUT2D eigenvalue weighted by Gasteiger charge is 2.31. The van der Waals surface area contributed by atoms with Crippen LogP contribution in [0.15, 0.2) is 24.3 Å². The van der Waals surface area contributed by atoms with Crippen LogP contribution in [0.1, 0.15) is 6.92 Å². The molecule has 0 saturated carbocycles. The molecule has 7 heteroatoms. The van der Waals surface area contributed by atoms with Gasteiger partial charge in [-0.3, -0.25) is 4.79 Å². The highest BCUT2D eigenvalue weighted by molar-refractivity contribution is 5.76. The van der Waals surface area contributed by atoms with Gasteiger partial charge in [0, 0.05) is 11.8 Å². The van der Waals surface area contributed by atoms with Crippen molar-refractivity contribution in [1.82, 2.24) is 0 Å². The summed E-state index contributed by atoms with van der Waals surface area (Å²) in [4.78, 5) is 10.5. The van der Waals surface area contributed by atoms with Gasteiger partial charge in [0.05, 0.1) is 0 Å². The van der Waals surface area contributed by atoms with Gasteiger partial charge in [0.25, 0.3) is 0 Å². The first kappa shape index (κ1) is 13.1. The van der Waals surface area contributed by atoms with E-state index in [2.05, 4.69) is 10.1 Å². The van der Waals surface area contributed by atoms with Crippen LogP contribution in [0.25, 0.3) is 0 Å². The minimum absolute atomic E-state index is 0.238. The molecule has 0 radical (unpaired) electrons. The summed E-state index contributed by atoms with van der Waals surface area (Å²) >= 11 is 0. The van der Waals surface area contributed by atoms with Crippen molar-refractivity contribution in [2.75, 3.05) is 5.32 Å². The molecule has 0 unspecified atom stereocenters. The van der Waals surface area contributed by atoms with E-state index in [-0.39, 0.29) is 5.69 Å². The first-order valence-corrected chi connectivity index (χ1v) is 4.63. The third-order valence-electron chi connectivity index (χ3n) is 1.82. The average molecular weight is 249 g/mol. The van der Waals surface area contributed by atoms with E-state index >= 15 is 0 Å². The Labute approximate surface area is 95.0 Å². The Balaban J connectivity index is 2.76. The summed E-state index contributed by atoms with van der Waals surface area (Å²) in [6, 6.07) is 4.08. The molecule has 0 aliphatic rings. The van der Waals surface area contributed by atoms with Gasteiger partial charge < -0.3 is 15.2 Å². The number of carbonyl (C=O) groups is 1. The fourth-order valence-electron chi connectivity index (χ4n) is 1.09. The molecule has 0 amide bonds. The van der Waals surface area contributed by atoms with Crippen molar-refractivity contribution in [3.8, 4) is 5.75 Å². The third-order valence-corrected chi connectivity index (χ3v) is 1.82. The molecule has 17 heavy (non-hydrogen) atoms. The number of carboxylic acid groups (broad SMARTS) is 1. The van der Waals surface area contributed by atoms with Gasteiger partial charge in [0.2, 0.25) is 0 Å². The number of alkyl halides is 3. The van der Waals surface area contributed by atoms with Crippen LogP contribution in [0.2, 0.25) is 0 Å². The summed E-state index contributed by atoms with van der Waals surface area (Å²) in [5.41, 5.74) is 0.238. The molecule has 4 nitrogen and oxygen atoms in total. The molecule has 2 N–H and O–H groups in total. The Bertz CT molecular complexity index is 406. The van der Waals surface area contributed by atoms with E-state index in [0.717, 1.165) is 12.1 Å². The van der Waals surface area contributed by atoms with Crippen molar-refractivity contribution in [1.29, 1.82) is 0 Å². The number of nitrogens with one attached hydrogen (secondary N) is 1. The Hall–Kier alpha value is -1.92. The largest absolute Gasteiger partial charge is 0.573 e. The van der Waals surface area contributed by atoms with Gasteiger partial charge in [-0.15, -0.1) is 13.2 Å². The van der Waals surface area contributed by atoms with E-state index < -0.39 is 24.1 Å². The second kappa shape index (κ2) is 4.94. The number of benzene rings is 1. The number of hydrogen-bond donors (Lipinski definition) is 2. The van der Waals surface area contributed by atoms with Crippen LogP contribution >= 0.6 is 0 Å². The standard InChI is InChI=1S/C10H10F3NO3/c1-6(9(15)16)14-7-3-2-4-8(5-7)17-10(11,12)13/h2-6,14H,1H3,(H,15,16)/t6-/m0/s1. The van der Waals surface area contributed by atoms with Crippen LogP contribution in [-0.2, 0) is 4.79 Å². The fraction of sp³-hybridized carbons (Fsp3) is 0.300. The molecule has 0 saturated heterocycles. The van der Waals surface area contributed by atoms with Crippen molar-refractivity contribution in [3.05, 3.63) is 24.3 Å². The summed E-state index contributed by atoms with van der Waals surface area (Å²) < 4.78 is 39.5. The van der Waals surface area contributed by atoms with Gasteiger partial charge in [0.15, 0.2) is 0 Å². The molecule has 0 fully saturated rings. The molecule has 0 spiro atoms. The second-order valence-electron chi connectivity index (χ2n) is 3.28. The van der Waals surface area contributed by atoms with E-state index in [1.807, 2.05) is 0 Å². The lowest BCUT2D eigenvalue weighted by Crippen LogP contribution is -2.25. The van der Waals surface area contributed by atoms with Crippen molar-refractivity contribution in [3.63, 3.8) is 0 Å². The van der Waals surface area contributed by atoms with E-state index in [0.29, 0.717) is 0 Å². The highest BCUT2D eigenvalue weighted by Crippen LogP contribution is 2.25. The lowest BCUT2D eigenvalue weighted by molar-refractivity contribution is -0.274. The number of halogens is 3. The second-order valence-corrected chi connectivity index (χ2v) is 3.28. The summed E-state index contributed by atoms with van der Waals surface area (Å²) in [5.74, 6) is -1.51. The summed E-state index contributed by atoms with van der Waals surface area (Å²) in [6.45, 7) is 1.37. The zero-order valence-corrected chi connectivity index (χ0v) is 8.78. The summed E-state index contributed by atoms with van der Waals surface area (Å²) in [7, 11) is 0. The Morgan fingerprint density at radius 1 is 1.47 bits per heavy atom. The first-order chi connectivity index (χ1) is 7.78. The molecular weight excluding hydrogens is 239 g/mol.